The molecule has 1 amide bonds. The van der Waals surface area contributed by atoms with E-state index in [1.807, 2.05) is 0 Å². The lowest BCUT2D eigenvalue weighted by Crippen LogP contribution is -2.47. The van der Waals surface area contributed by atoms with Crippen LogP contribution < -0.4 is 10.6 Å². The number of benzene rings is 2. The van der Waals surface area contributed by atoms with E-state index < -0.39 is 42.4 Å². The van der Waals surface area contributed by atoms with E-state index in [1.54, 1.807) is 0 Å². The molecule has 3 N–H and O–H groups in total. The molecule has 176 valence electrons. The minimum absolute atomic E-state index is 0.0881. The molecule has 0 heterocycles. The van der Waals surface area contributed by atoms with E-state index >= 15 is 0 Å². The molecule has 2 aromatic carbocycles. The van der Waals surface area contributed by atoms with Crippen LogP contribution >= 0.6 is 39.1 Å². The standard InChI is InChI=1S/C19H15BrCl2F6N2O2/c20-15-6-14(2-1-10(15)8-29-16(31)7-18(23,24)25)30-9-17(32,19(26,27)28)11-3-12(21)5-13(22)4-11/h1-6,30,32H,7-9H2,(H,29,31)/t17-/m0/s1. The van der Waals surface area contributed by atoms with Gasteiger partial charge in [-0.05, 0) is 41.5 Å². The summed E-state index contributed by atoms with van der Waals surface area (Å²) < 4.78 is 78.0. The summed E-state index contributed by atoms with van der Waals surface area (Å²) in [7, 11) is 0. The van der Waals surface area contributed by atoms with Crippen molar-refractivity contribution in [1.29, 1.82) is 0 Å². The Hall–Kier alpha value is -1.69. The molecule has 0 radical (unpaired) electrons. The van der Waals surface area contributed by atoms with E-state index in [1.165, 1.54) is 24.3 Å². The maximum Gasteiger partial charge on any atom is 0.423 e. The van der Waals surface area contributed by atoms with Gasteiger partial charge >= 0.3 is 12.4 Å². The molecule has 0 aliphatic rings. The van der Waals surface area contributed by atoms with Crippen LogP contribution in [-0.2, 0) is 16.9 Å². The van der Waals surface area contributed by atoms with Crippen molar-refractivity contribution >= 4 is 50.7 Å². The second-order valence-electron chi connectivity index (χ2n) is 6.74. The zero-order valence-electron chi connectivity index (χ0n) is 15.8. The number of alkyl halides is 6. The number of amides is 1. The molecule has 0 unspecified atom stereocenters. The Morgan fingerprint density at radius 3 is 2.09 bits per heavy atom. The Balaban J connectivity index is 2.14. The first-order chi connectivity index (χ1) is 14.6. The summed E-state index contributed by atoms with van der Waals surface area (Å²) in [5.41, 5.74) is -3.33. The number of hydrogen-bond acceptors (Lipinski definition) is 3. The average Bonchev–Trinajstić information content (AvgIpc) is 2.62. The van der Waals surface area contributed by atoms with Crippen molar-refractivity contribution in [1.82, 2.24) is 5.32 Å². The van der Waals surface area contributed by atoms with Crippen LogP contribution in [0.4, 0.5) is 32.0 Å². The molecule has 13 heteroatoms. The Kier molecular flexibility index (Phi) is 8.35. The Morgan fingerprint density at radius 1 is 1.00 bits per heavy atom. The lowest BCUT2D eigenvalue weighted by atomic mass is 9.92. The third-order valence-electron chi connectivity index (χ3n) is 4.25. The van der Waals surface area contributed by atoms with Gasteiger partial charge in [-0.3, -0.25) is 4.79 Å². The minimum atomic E-state index is -5.08. The van der Waals surface area contributed by atoms with Gasteiger partial charge in [-0.25, -0.2) is 0 Å². The molecule has 0 fully saturated rings. The van der Waals surface area contributed by atoms with Crippen LogP contribution in [0.25, 0.3) is 0 Å². The lowest BCUT2D eigenvalue weighted by Gasteiger charge is -2.32. The molecule has 4 nitrogen and oxygen atoms in total. The number of carbonyl (C=O) groups is 1. The number of carbonyl (C=O) groups excluding carboxylic acids is 1. The second kappa shape index (κ2) is 10.1. The van der Waals surface area contributed by atoms with Crippen molar-refractivity contribution in [3.05, 3.63) is 62.0 Å². The van der Waals surface area contributed by atoms with E-state index in [9.17, 15) is 36.2 Å². The van der Waals surface area contributed by atoms with Gasteiger partial charge in [-0.15, -0.1) is 0 Å². The molecule has 2 rings (SSSR count). The molecule has 0 aromatic heterocycles. The van der Waals surface area contributed by atoms with E-state index in [2.05, 4.69) is 26.6 Å². The normalized spacial score (nSPS) is 14.1. The number of hydrogen-bond donors (Lipinski definition) is 3. The smallest absolute Gasteiger partial charge is 0.381 e. The fourth-order valence-electron chi connectivity index (χ4n) is 2.63. The van der Waals surface area contributed by atoms with Crippen LogP contribution in [0, 0.1) is 0 Å². The van der Waals surface area contributed by atoms with Crippen molar-refractivity contribution < 1.29 is 36.2 Å². The SMILES string of the molecule is O=C(CC(F)(F)F)NCc1ccc(NC[C@](O)(c2cc(Cl)cc(Cl)c2)C(F)(F)F)cc1Br. The highest BCUT2D eigenvalue weighted by molar-refractivity contribution is 9.10. The summed E-state index contributed by atoms with van der Waals surface area (Å²) in [6.07, 6.45) is -11.3. The molecule has 0 saturated heterocycles. The maximum atomic E-state index is 13.7. The first kappa shape index (κ1) is 26.6. The van der Waals surface area contributed by atoms with Gasteiger partial charge in [0, 0.05) is 26.8 Å². The van der Waals surface area contributed by atoms with Crippen LogP contribution in [0.3, 0.4) is 0 Å². The van der Waals surface area contributed by atoms with Gasteiger partial charge < -0.3 is 15.7 Å². The van der Waals surface area contributed by atoms with Crippen molar-refractivity contribution in [2.45, 2.75) is 30.9 Å². The van der Waals surface area contributed by atoms with E-state index in [-0.39, 0.29) is 22.3 Å². The highest BCUT2D eigenvalue weighted by Crippen LogP contribution is 2.41. The molecule has 32 heavy (non-hydrogen) atoms. The van der Waals surface area contributed by atoms with Crippen molar-refractivity contribution in [3.8, 4) is 0 Å². The largest absolute Gasteiger partial charge is 0.423 e. The summed E-state index contributed by atoms with van der Waals surface area (Å²) in [5, 5.41) is 14.8. The predicted molar refractivity (Wildman–Crippen MR) is 112 cm³/mol. The van der Waals surface area contributed by atoms with Gasteiger partial charge in [0.25, 0.3) is 0 Å². The fraction of sp³-hybridized carbons (Fsp3) is 0.316. The van der Waals surface area contributed by atoms with Crippen LogP contribution in [0.1, 0.15) is 17.5 Å². The van der Waals surface area contributed by atoms with Gasteiger partial charge in [-0.1, -0.05) is 45.2 Å². The summed E-state index contributed by atoms with van der Waals surface area (Å²) in [4.78, 5) is 11.3. The van der Waals surface area contributed by atoms with Crippen LogP contribution in [0.2, 0.25) is 10.0 Å². The molecule has 0 bridgehead atoms. The summed E-state index contributed by atoms with van der Waals surface area (Å²) in [6.45, 7) is -1.22. The molecular weight excluding hydrogens is 553 g/mol. The monoisotopic (exact) mass is 566 g/mol. The number of halogens is 9. The van der Waals surface area contributed by atoms with Gasteiger partial charge in [-0.2, -0.15) is 26.3 Å². The average molecular weight is 568 g/mol. The maximum absolute atomic E-state index is 13.7. The quantitative estimate of drug-likeness (QED) is 0.350. The number of anilines is 1. The lowest BCUT2D eigenvalue weighted by molar-refractivity contribution is -0.260. The topological polar surface area (TPSA) is 61.4 Å². The molecular formula is C19H15BrCl2F6N2O2. The minimum Gasteiger partial charge on any atom is -0.381 e. The number of nitrogens with one attached hydrogen (secondary N) is 2. The van der Waals surface area contributed by atoms with E-state index in [0.717, 1.165) is 12.1 Å². The fourth-order valence-corrected chi connectivity index (χ4v) is 3.67. The van der Waals surface area contributed by atoms with Crippen molar-refractivity contribution in [2.75, 3.05) is 11.9 Å². The Labute approximate surface area is 197 Å². The molecule has 0 spiro atoms. The number of aliphatic hydroxyl groups is 1. The summed E-state index contributed by atoms with van der Waals surface area (Å²) >= 11 is 14.7. The van der Waals surface area contributed by atoms with Crippen molar-refractivity contribution in [3.63, 3.8) is 0 Å². The van der Waals surface area contributed by atoms with Gasteiger partial charge in [0.1, 0.15) is 6.42 Å². The third kappa shape index (κ3) is 7.16. The van der Waals surface area contributed by atoms with Crippen LogP contribution in [0.5, 0.6) is 0 Å². The number of rotatable bonds is 7. The third-order valence-corrected chi connectivity index (χ3v) is 5.42. The molecule has 0 aliphatic heterocycles. The van der Waals surface area contributed by atoms with Gasteiger partial charge in [0.2, 0.25) is 11.5 Å². The van der Waals surface area contributed by atoms with Gasteiger partial charge in [0.15, 0.2) is 0 Å². The highest BCUT2D eigenvalue weighted by Gasteiger charge is 2.55. The Morgan fingerprint density at radius 2 is 1.59 bits per heavy atom. The van der Waals surface area contributed by atoms with Crippen LogP contribution in [-0.4, -0.2) is 29.9 Å². The van der Waals surface area contributed by atoms with Gasteiger partial charge in [0.05, 0.1) is 6.54 Å². The summed E-state index contributed by atoms with van der Waals surface area (Å²) in [6, 6.07) is 7.21. The zero-order chi connectivity index (χ0) is 24.3. The van der Waals surface area contributed by atoms with Crippen LogP contribution in [0.15, 0.2) is 40.9 Å². The summed E-state index contributed by atoms with van der Waals surface area (Å²) in [5.74, 6) is -1.22. The second-order valence-corrected chi connectivity index (χ2v) is 8.47. The van der Waals surface area contributed by atoms with Crippen molar-refractivity contribution in [2.24, 2.45) is 0 Å². The zero-order valence-corrected chi connectivity index (χ0v) is 18.9. The van der Waals surface area contributed by atoms with E-state index in [4.69, 9.17) is 23.2 Å². The predicted octanol–water partition coefficient (Wildman–Crippen LogP) is 6.19. The van der Waals surface area contributed by atoms with E-state index in [0.29, 0.717) is 10.0 Å². The highest BCUT2D eigenvalue weighted by atomic mass is 79.9. The molecule has 0 aliphatic carbocycles. The Bertz CT molecular complexity index is 967. The first-order valence-electron chi connectivity index (χ1n) is 8.72. The molecule has 1 atom stereocenters. The first-order valence-corrected chi connectivity index (χ1v) is 10.3. The molecule has 2 aromatic rings. The molecule has 0 saturated carbocycles.